The summed E-state index contributed by atoms with van der Waals surface area (Å²) < 4.78 is 10.7. The van der Waals surface area contributed by atoms with Gasteiger partial charge in [0.2, 0.25) is 5.91 Å². The van der Waals surface area contributed by atoms with Crippen molar-refractivity contribution in [2.24, 2.45) is 0 Å². The van der Waals surface area contributed by atoms with Crippen LogP contribution >= 0.6 is 0 Å². The van der Waals surface area contributed by atoms with Gasteiger partial charge in [-0.15, -0.1) is 0 Å². The molecule has 1 unspecified atom stereocenters. The third-order valence-electron chi connectivity index (χ3n) is 5.53. The molecule has 1 fully saturated rings. The zero-order valence-corrected chi connectivity index (χ0v) is 19.2. The number of benzene rings is 2. The normalized spacial score (nSPS) is 14.8. The zero-order valence-electron chi connectivity index (χ0n) is 19.2. The fraction of sp³-hybridized carbons (Fsp3) is 0.269. The molecule has 35 heavy (non-hydrogen) atoms. The van der Waals surface area contributed by atoms with Gasteiger partial charge in [0.1, 0.15) is 5.76 Å². The third-order valence-corrected chi connectivity index (χ3v) is 5.53. The molecule has 0 bridgehead atoms. The van der Waals surface area contributed by atoms with Crippen molar-refractivity contribution in [3.05, 3.63) is 83.8 Å². The Kier molecular flexibility index (Phi) is 8.13. The number of nitrogens with one attached hydrogen (secondary N) is 4. The van der Waals surface area contributed by atoms with E-state index in [2.05, 4.69) is 21.3 Å². The highest BCUT2D eigenvalue weighted by Crippen LogP contribution is 2.14. The molecule has 0 aliphatic carbocycles. The van der Waals surface area contributed by atoms with Crippen LogP contribution in [0.5, 0.6) is 0 Å². The van der Waals surface area contributed by atoms with Gasteiger partial charge in [0.15, 0.2) is 0 Å². The average molecular weight is 477 g/mol. The van der Waals surface area contributed by atoms with Gasteiger partial charge in [0.05, 0.1) is 25.5 Å². The van der Waals surface area contributed by atoms with Gasteiger partial charge in [-0.2, -0.15) is 0 Å². The minimum atomic E-state index is -0.268. The van der Waals surface area contributed by atoms with Crippen LogP contribution in [0, 0.1) is 0 Å². The predicted molar refractivity (Wildman–Crippen MR) is 131 cm³/mol. The number of carbonyl (C=O) groups is 3. The van der Waals surface area contributed by atoms with Crippen molar-refractivity contribution in [3.63, 3.8) is 0 Å². The summed E-state index contributed by atoms with van der Waals surface area (Å²) in [6.45, 7) is 1.56. The molecule has 2 aromatic carbocycles. The maximum Gasteiger partial charge on any atom is 0.251 e. The largest absolute Gasteiger partial charge is 0.467 e. The summed E-state index contributed by atoms with van der Waals surface area (Å²) in [7, 11) is 0. The Bertz CT molecular complexity index is 1140. The lowest BCUT2D eigenvalue weighted by Crippen LogP contribution is -2.31. The van der Waals surface area contributed by atoms with E-state index in [1.54, 1.807) is 66.9 Å². The second-order valence-electron chi connectivity index (χ2n) is 8.17. The first-order valence-corrected chi connectivity index (χ1v) is 11.5. The fourth-order valence-corrected chi connectivity index (χ4v) is 3.66. The minimum absolute atomic E-state index is 0.0273. The van der Waals surface area contributed by atoms with Gasteiger partial charge < -0.3 is 30.4 Å². The lowest BCUT2D eigenvalue weighted by molar-refractivity contribution is -0.114. The number of carbonyl (C=O) groups excluding carboxylic acids is 3. The summed E-state index contributed by atoms with van der Waals surface area (Å²) in [6.07, 6.45) is 3.64. The van der Waals surface area contributed by atoms with Crippen molar-refractivity contribution in [2.45, 2.75) is 25.5 Å². The zero-order chi connectivity index (χ0) is 24.5. The summed E-state index contributed by atoms with van der Waals surface area (Å²) in [5, 5.41) is 11.5. The molecule has 3 amide bonds. The first kappa shape index (κ1) is 24.0. The Morgan fingerprint density at radius 3 is 2.46 bits per heavy atom. The van der Waals surface area contributed by atoms with Crippen molar-refractivity contribution in [3.8, 4) is 0 Å². The highest BCUT2D eigenvalue weighted by atomic mass is 16.5. The summed E-state index contributed by atoms with van der Waals surface area (Å²) in [5.74, 6) is -0.0360. The van der Waals surface area contributed by atoms with E-state index >= 15 is 0 Å². The Morgan fingerprint density at radius 2 is 1.71 bits per heavy atom. The standard InChI is InChI=1S/C26H28N4O5/c31-24(30-21-5-1-4-19(14-21)26(33)29-16-23-7-3-13-35-23)17-27-20-10-8-18(9-11-20)25(32)28-15-22-6-2-12-34-22/h1,3-5,7-11,13-14,22,27H,2,6,12,15-17H2,(H,28,32)(H,29,33)(H,30,31). The molecule has 1 atom stereocenters. The molecule has 4 N–H and O–H groups in total. The quantitative estimate of drug-likeness (QED) is 0.357. The Morgan fingerprint density at radius 1 is 0.886 bits per heavy atom. The smallest absolute Gasteiger partial charge is 0.251 e. The molecule has 1 aliphatic heterocycles. The van der Waals surface area contributed by atoms with Gasteiger partial charge in [-0.1, -0.05) is 6.07 Å². The van der Waals surface area contributed by atoms with E-state index in [-0.39, 0.29) is 36.9 Å². The van der Waals surface area contributed by atoms with Crippen LogP contribution in [0.3, 0.4) is 0 Å². The molecule has 2 heterocycles. The molecule has 1 aliphatic rings. The Labute approximate surface area is 203 Å². The molecule has 182 valence electrons. The van der Waals surface area contributed by atoms with Gasteiger partial charge in [0, 0.05) is 35.7 Å². The summed E-state index contributed by atoms with van der Waals surface area (Å²) in [6, 6.07) is 17.1. The molecule has 9 heteroatoms. The van der Waals surface area contributed by atoms with Gasteiger partial charge >= 0.3 is 0 Å². The van der Waals surface area contributed by atoms with Crippen LogP contribution in [0.4, 0.5) is 11.4 Å². The van der Waals surface area contributed by atoms with Crippen LogP contribution in [0.25, 0.3) is 0 Å². The number of amides is 3. The van der Waals surface area contributed by atoms with Crippen LogP contribution in [-0.2, 0) is 16.1 Å². The molecule has 1 saturated heterocycles. The SMILES string of the molecule is O=C(CNc1ccc(C(=O)NCC2CCCO2)cc1)Nc1cccc(C(=O)NCc2ccco2)c1. The maximum atomic E-state index is 12.4. The molecule has 9 nitrogen and oxygen atoms in total. The van der Waals surface area contributed by atoms with Crippen LogP contribution in [0.15, 0.2) is 71.3 Å². The topological polar surface area (TPSA) is 122 Å². The Hall–Kier alpha value is -4.11. The van der Waals surface area contributed by atoms with Crippen LogP contribution in [-0.4, -0.2) is 43.5 Å². The van der Waals surface area contributed by atoms with Gasteiger partial charge in [0.25, 0.3) is 11.8 Å². The molecular weight excluding hydrogens is 448 g/mol. The van der Waals surface area contributed by atoms with E-state index < -0.39 is 0 Å². The third kappa shape index (κ3) is 7.18. The Balaban J connectivity index is 1.21. The molecule has 4 rings (SSSR count). The first-order chi connectivity index (χ1) is 17.1. The van der Waals surface area contributed by atoms with Gasteiger partial charge in [-0.3, -0.25) is 14.4 Å². The van der Waals surface area contributed by atoms with Crippen LogP contribution in [0.2, 0.25) is 0 Å². The van der Waals surface area contributed by atoms with E-state index in [4.69, 9.17) is 9.15 Å². The molecule has 0 radical (unpaired) electrons. The lowest BCUT2D eigenvalue weighted by atomic mass is 10.1. The van der Waals surface area contributed by atoms with Gasteiger partial charge in [-0.05, 0) is 67.4 Å². The van der Waals surface area contributed by atoms with E-state index in [1.807, 2.05) is 0 Å². The number of ether oxygens (including phenoxy) is 1. The minimum Gasteiger partial charge on any atom is -0.467 e. The lowest BCUT2D eigenvalue weighted by Gasteiger charge is -2.12. The van der Waals surface area contributed by atoms with E-state index in [9.17, 15) is 14.4 Å². The van der Waals surface area contributed by atoms with Crippen LogP contribution in [0.1, 0.15) is 39.3 Å². The van der Waals surface area contributed by atoms with Crippen molar-refractivity contribution < 1.29 is 23.5 Å². The number of hydrogen-bond acceptors (Lipinski definition) is 6. The summed E-state index contributed by atoms with van der Waals surface area (Å²) in [5.41, 5.74) is 2.19. The fourth-order valence-electron chi connectivity index (χ4n) is 3.66. The highest BCUT2D eigenvalue weighted by molar-refractivity contribution is 5.98. The molecule has 0 saturated carbocycles. The van der Waals surface area contributed by atoms with Crippen LogP contribution < -0.4 is 21.3 Å². The van der Waals surface area contributed by atoms with Crippen molar-refractivity contribution in [1.82, 2.24) is 10.6 Å². The predicted octanol–water partition coefficient (Wildman–Crippen LogP) is 3.17. The van der Waals surface area contributed by atoms with Crippen molar-refractivity contribution >= 4 is 29.1 Å². The van der Waals surface area contributed by atoms with E-state index in [0.717, 1.165) is 19.4 Å². The molecule has 3 aromatic rings. The first-order valence-electron chi connectivity index (χ1n) is 11.5. The van der Waals surface area contributed by atoms with E-state index in [1.165, 1.54) is 0 Å². The molecular formula is C26H28N4O5. The summed E-state index contributed by atoms with van der Waals surface area (Å²) >= 11 is 0. The number of hydrogen-bond donors (Lipinski definition) is 4. The maximum absolute atomic E-state index is 12.4. The molecule has 0 spiro atoms. The summed E-state index contributed by atoms with van der Waals surface area (Å²) in [4.78, 5) is 37.0. The van der Waals surface area contributed by atoms with Gasteiger partial charge in [-0.25, -0.2) is 0 Å². The van der Waals surface area contributed by atoms with Crippen molar-refractivity contribution in [2.75, 3.05) is 30.3 Å². The number of anilines is 2. The van der Waals surface area contributed by atoms with Crippen molar-refractivity contribution in [1.29, 1.82) is 0 Å². The second-order valence-corrected chi connectivity index (χ2v) is 8.17. The molecule has 1 aromatic heterocycles. The average Bonchev–Trinajstić information content (AvgIpc) is 3.60. The highest BCUT2D eigenvalue weighted by Gasteiger charge is 2.16. The van der Waals surface area contributed by atoms with E-state index in [0.29, 0.717) is 34.8 Å². The number of furan rings is 1. The monoisotopic (exact) mass is 476 g/mol. The number of rotatable bonds is 10. The second kappa shape index (κ2) is 11.8.